The quantitative estimate of drug-likeness (QED) is 0.380. The van der Waals surface area contributed by atoms with Crippen molar-refractivity contribution in [2.24, 2.45) is 16.3 Å². The molecule has 0 aliphatic carbocycles. The number of carbonyl (C=O) groups excluding carboxylic acids is 2. The molecular formula is C20H32N6O4S. The molecule has 0 radical (unpaired) electrons. The molecular weight excluding hydrogens is 420 g/mol. The van der Waals surface area contributed by atoms with Gasteiger partial charge in [-0.15, -0.1) is 0 Å². The van der Waals surface area contributed by atoms with Crippen molar-refractivity contribution in [3.63, 3.8) is 0 Å². The van der Waals surface area contributed by atoms with E-state index in [1.165, 1.54) is 0 Å². The smallest absolute Gasteiger partial charge is 0.273 e. The lowest BCUT2D eigenvalue weighted by atomic mass is 9.86. The number of unbranched alkanes of at least 4 members (excludes halogenated alkanes) is 1. The summed E-state index contributed by atoms with van der Waals surface area (Å²) in [6.45, 7) is 6.49. The highest BCUT2D eigenvalue weighted by Gasteiger charge is 2.34. The third-order valence-electron chi connectivity index (χ3n) is 4.79. The van der Waals surface area contributed by atoms with E-state index >= 15 is 0 Å². The molecule has 172 valence electrons. The summed E-state index contributed by atoms with van der Waals surface area (Å²) in [6.07, 6.45) is 1.68. The van der Waals surface area contributed by atoms with E-state index in [1.807, 2.05) is 24.3 Å². The predicted octanol–water partition coefficient (Wildman–Crippen LogP) is 0.324. The van der Waals surface area contributed by atoms with Crippen LogP contribution < -0.4 is 21.5 Å². The summed E-state index contributed by atoms with van der Waals surface area (Å²) in [5.41, 5.74) is 6.00. The topological polar surface area (TPSA) is 162 Å². The van der Waals surface area contributed by atoms with Gasteiger partial charge in [-0.25, -0.2) is 13.6 Å². The molecule has 2 amide bonds. The molecule has 0 spiro atoms. The van der Waals surface area contributed by atoms with E-state index in [4.69, 9.17) is 10.9 Å². The Morgan fingerprint density at radius 3 is 2.48 bits per heavy atom. The van der Waals surface area contributed by atoms with Crippen molar-refractivity contribution >= 4 is 32.7 Å². The third-order valence-corrected chi connectivity index (χ3v) is 5.56. The number of rotatable bonds is 10. The molecule has 10 nitrogen and oxygen atoms in total. The Kier molecular flexibility index (Phi) is 8.15. The van der Waals surface area contributed by atoms with Crippen LogP contribution in [0.1, 0.15) is 44.1 Å². The number of hydrogen-bond donors (Lipinski definition) is 4. The largest absolute Gasteiger partial charge is 0.353 e. The number of nitrogens with zero attached hydrogens (tertiary/aromatic N) is 2. The van der Waals surface area contributed by atoms with Gasteiger partial charge < -0.3 is 16.4 Å². The maximum atomic E-state index is 13.1. The molecule has 6 N–H and O–H groups in total. The lowest BCUT2D eigenvalue weighted by Crippen LogP contribution is -2.54. The van der Waals surface area contributed by atoms with Gasteiger partial charge in [0.2, 0.25) is 15.9 Å². The van der Waals surface area contributed by atoms with Gasteiger partial charge in [0.15, 0.2) is 5.69 Å². The minimum absolute atomic E-state index is 0.140. The molecule has 0 bridgehead atoms. The Labute approximate surface area is 182 Å². The van der Waals surface area contributed by atoms with Crippen LogP contribution in [0.3, 0.4) is 0 Å². The fraction of sp³-hybridized carbons (Fsp3) is 0.550. The standard InChI is InChI=1S/C20H32N6O4S/c1-20(2,3)17(19(28)23-11-13-31(22,29)30)24-18(27)16-14-8-4-5-9-15(14)26(25-16)12-7-6-10-21/h4-5,8-9,17H,6-7,10-13,21H2,1-3H3,(H,23,28)(H,24,27)(H2,22,29,30). The lowest BCUT2D eigenvalue weighted by Gasteiger charge is -2.30. The molecule has 0 aliphatic heterocycles. The predicted molar refractivity (Wildman–Crippen MR) is 120 cm³/mol. The molecule has 1 aromatic carbocycles. The number of sulfonamides is 1. The van der Waals surface area contributed by atoms with Gasteiger partial charge in [0.1, 0.15) is 6.04 Å². The molecule has 0 fully saturated rings. The van der Waals surface area contributed by atoms with Gasteiger partial charge in [-0.3, -0.25) is 14.3 Å². The number of aromatic nitrogens is 2. The summed E-state index contributed by atoms with van der Waals surface area (Å²) in [5.74, 6) is -1.35. The van der Waals surface area contributed by atoms with E-state index in [0.717, 1.165) is 18.4 Å². The first kappa shape index (κ1) is 24.8. The molecule has 1 aromatic heterocycles. The summed E-state index contributed by atoms with van der Waals surface area (Å²) in [7, 11) is -3.70. The van der Waals surface area contributed by atoms with Crippen LogP contribution in [0.5, 0.6) is 0 Å². The van der Waals surface area contributed by atoms with Crippen LogP contribution >= 0.6 is 0 Å². The second-order valence-electron chi connectivity index (χ2n) is 8.52. The van der Waals surface area contributed by atoms with Gasteiger partial charge >= 0.3 is 0 Å². The van der Waals surface area contributed by atoms with Crippen molar-refractivity contribution in [2.75, 3.05) is 18.8 Å². The Bertz CT molecular complexity index is 1030. The van der Waals surface area contributed by atoms with Crippen LogP contribution in [0.4, 0.5) is 0 Å². The molecule has 1 unspecified atom stereocenters. The normalized spacial score (nSPS) is 13.2. The number of benzene rings is 1. The molecule has 0 saturated heterocycles. The van der Waals surface area contributed by atoms with Crippen molar-refractivity contribution in [2.45, 2.75) is 46.2 Å². The zero-order chi connectivity index (χ0) is 23.2. The van der Waals surface area contributed by atoms with Crippen molar-refractivity contribution in [1.82, 2.24) is 20.4 Å². The molecule has 11 heteroatoms. The monoisotopic (exact) mass is 452 g/mol. The van der Waals surface area contributed by atoms with E-state index in [-0.39, 0.29) is 18.0 Å². The number of nitrogens with one attached hydrogen (secondary N) is 2. The maximum absolute atomic E-state index is 13.1. The number of carbonyl (C=O) groups is 2. The van der Waals surface area contributed by atoms with Gasteiger partial charge in [-0.05, 0) is 30.9 Å². The second kappa shape index (κ2) is 10.2. The molecule has 0 aliphatic rings. The summed E-state index contributed by atoms with van der Waals surface area (Å²) >= 11 is 0. The summed E-state index contributed by atoms with van der Waals surface area (Å²) in [6, 6.07) is 6.51. The molecule has 1 heterocycles. The number of amides is 2. The van der Waals surface area contributed by atoms with Gasteiger partial charge in [0, 0.05) is 18.5 Å². The number of para-hydroxylation sites is 1. The fourth-order valence-electron chi connectivity index (χ4n) is 3.16. The molecule has 1 atom stereocenters. The number of fused-ring (bicyclic) bond motifs is 1. The maximum Gasteiger partial charge on any atom is 0.273 e. The van der Waals surface area contributed by atoms with Crippen LogP contribution in [0.15, 0.2) is 24.3 Å². The summed E-state index contributed by atoms with van der Waals surface area (Å²) < 4.78 is 24.0. The zero-order valence-electron chi connectivity index (χ0n) is 18.2. The van der Waals surface area contributed by atoms with Gasteiger partial charge in [-0.1, -0.05) is 39.0 Å². The van der Waals surface area contributed by atoms with Crippen LogP contribution in [0.25, 0.3) is 10.9 Å². The molecule has 0 saturated carbocycles. The van der Waals surface area contributed by atoms with Crippen LogP contribution in [-0.2, 0) is 21.4 Å². The average Bonchev–Trinajstić information content (AvgIpc) is 3.03. The first-order valence-corrected chi connectivity index (χ1v) is 11.9. The average molecular weight is 453 g/mol. The molecule has 2 aromatic rings. The summed E-state index contributed by atoms with van der Waals surface area (Å²) in [5, 5.41) is 15.4. The summed E-state index contributed by atoms with van der Waals surface area (Å²) in [4.78, 5) is 25.8. The lowest BCUT2D eigenvalue weighted by molar-refractivity contribution is -0.125. The fourth-order valence-corrected chi connectivity index (χ4v) is 3.55. The van der Waals surface area contributed by atoms with E-state index in [0.29, 0.717) is 18.5 Å². The SMILES string of the molecule is CC(C)(C)C(NC(=O)c1nn(CCCCN)c2ccccc12)C(=O)NCCS(N)(=O)=O. The first-order valence-electron chi connectivity index (χ1n) is 10.2. The van der Waals surface area contributed by atoms with E-state index in [2.05, 4.69) is 15.7 Å². The minimum atomic E-state index is -3.70. The number of aryl methyl sites for hydroxylation is 1. The van der Waals surface area contributed by atoms with Gasteiger partial charge in [-0.2, -0.15) is 5.10 Å². The third kappa shape index (κ3) is 7.01. The van der Waals surface area contributed by atoms with Gasteiger partial charge in [0.25, 0.3) is 5.91 Å². The first-order chi connectivity index (χ1) is 14.4. The van der Waals surface area contributed by atoms with Crippen LogP contribution in [0.2, 0.25) is 0 Å². The highest BCUT2D eigenvalue weighted by Crippen LogP contribution is 2.22. The number of hydrogen-bond acceptors (Lipinski definition) is 6. The Balaban J connectivity index is 2.23. The molecule has 2 rings (SSSR count). The Morgan fingerprint density at radius 1 is 1.19 bits per heavy atom. The Hall–Kier alpha value is -2.50. The van der Waals surface area contributed by atoms with Crippen molar-refractivity contribution < 1.29 is 18.0 Å². The van der Waals surface area contributed by atoms with Crippen LogP contribution in [-0.4, -0.2) is 54.9 Å². The highest BCUT2D eigenvalue weighted by molar-refractivity contribution is 7.89. The highest BCUT2D eigenvalue weighted by atomic mass is 32.2. The zero-order valence-corrected chi connectivity index (χ0v) is 19.0. The van der Waals surface area contributed by atoms with Crippen molar-refractivity contribution in [1.29, 1.82) is 0 Å². The van der Waals surface area contributed by atoms with Crippen LogP contribution in [0, 0.1) is 5.41 Å². The van der Waals surface area contributed by atoms with Gasteiger partial charge in [0.05, 0.1) is 11.3 Å². The van der Waals surface area contributed by atoms with Crippen molar-refractivity contribution in [3.8, 4) is 0 Å². The van der Waals surface area contributed by atoms with E-state index in [9.17, 15) is 18.0 Å². The number of primary sulfonamides is 1. The van der Waals surface area contributed by atoms with E-state index in [1.54, 1.807) is 25.5 Å². The van der Waals surface area contributed by atoms with Crippen molar-refractivity contribution in [3.05, 3.63) is 30.0 Å². The Morgan fingerprint density at radius 2 is 1.87 bits per heavy atom. The van der Waals surface area contributed by atoms with E-state index < -0.39 is 33.3 Å². The minimum Gasteiger partial charge on any atom is -0.353 e. The number of nitrogens with two attached hydrogens (primary N) is 2. The second-order valence-corrected chi connectivity index (χ2v) is 10.2. The molecule has 31 heavy (non-hydrogen) atoms.